The van der Waals surface area contributed by atoms with E-state index in [0.717, 1.165) is 33.4 Å². The van der Waals surface area contributed by atoms with Crippen molar-refractivity contribution in [1.82, 2.24) is 4.98 Å². The lowest BCUT2D eigenvalue weighted by atomic mass is 10.1. The minimum atomic E-state index is -0.260. The van der Waals surface area contributed by atoms with Crippen LogP contribution in [-0.2, 0) is 4.79 Å². The molecule has 0 fully saturated rings. The van der Waals surface area contributed by atoms with Crippen LogP contribution in [0.3, 0.4) is 0 Å². The summed E-state index contributed by atoms with van der Waals surface area (Å²) in [6.07, 6.45) is 0. The Balaban J connectivity index is 1.47. The molecule has 0 aliphatic heterocycles. The number of fused-ring (bicyclic) bond motifs is 1. The highest BCUT2D eigenvalue weighted by molar-refractivity contribution is 6.31. The summed E-state index contributed by atoms with van der Waals surface area (Å²) < 4.78 is 11.5. The van der Waals surface area contributed by atoms with Crippen LogP contribution >= 0.6 is 11.6 Å². The number of halogens is 1. The Morgan fingerprint density at radius 3 is 2.70 bits per heavy atom. The van der Waals surface area contributed by atoms with E-state index in [-0.39, 0.29) is 12.5 Å². The number of benzene rings is 3. The highest BCUT2D eigenvalue weighted by Gasteiger charge is 2.12. The van der Waals surface area contributed by atoms with Gasteiger partial charge in [0.15, 0.2) is 12.2 Å². The van der Waals surface area contributed by atoms with Gasteiger partial charge in [-0.3, -0.25) is 4.79 Å². The first-order chi connectivity index (χ1) is 14.4. The van der Waals surface area contributed by atoms with Crippen LogP contribution in [0.1, 0.15) is 16.7 Å². The average molecular weight is 421 g/mol. The molecule has 1 N–H and O–H groups in total. The van der Waals surface area contributed by atoms with Crippen molar-refractivity contribution in [1.29, 1.82) is 0 Å². The fourth-order valence-corrected chi connectivity index (χ4v) is 3.40. The van der Waals surface area contributed by atoms with Gasteiger partial charge in [0, 0.05) is 16.3 Å². The molecule has 1 amide bonds. The highest BCUT2D eigenvalue weighted by Crippen LogP contribution is 2.28. The molecule has 30 heavy (non-hydrogen) atoms. The van der Waals surface area contributed by atoms with Crippen molar-refractivity contribution in [2.75, 3.05) is 11.9 Å². The fraction of sp³-hybridized carbons (Fsp3) is 0.167. The average Bonchev–Trinajstić information content (AvgIpc) is 3.14. The number of aryl methyl sites for hydroxylation is 3. The second-order valence-corrected chi connectivity index (χ2v) is 7.68. The lowest BCUT2D eigenvalue weighted by molar-refractivity contribution is -0.118. The standard InChI is InChI=1S/C24H21ClN2O3/c1-14-9-16(3)23-21(10-14)27-24(30-23)17-5-4-6-18(12-17)26-22(28)13-29-19-7-8-20(25)15(2)11-19/h4-12H,13H2,1-3H3,(H,26,28). The van der Waals surface area contributed by atoms with Gasteiger partial charge in [-0.1, -0.05) is 23.7 Å². The largest absolute Gasteiger partial charge is 0.484 e. The number of ether oxygens (including phenoxy) is 1. The molecule has 1 heterocycles. The van der Waals surface area contributed by atoms with E-state index in [0.29, 0.717) is 22.4 Å². The molecule has 0 unspecified atom stereocenters. The Hall–Kier alpha value is -3.31. The van der Waals surface area contributed by atoms with Crippen LogP contribution in [0.4, 0.5) is 5.69 Å². The van der Waals surface area contributed by atoms with E-state index in [1.807, 2.05) is 51.1 Å². The summed E-state index contributed by atoms with van der Waals surface area (Å²) in [7, 11) is 0. The Kier molecular flexibility index (Phi) is 5.46. The number of carbonyl (C=O) groups excluding carboxylic acids is 1. The van der Waals surface area contributed by atoms with Crippen LogP contribution in [0.5, 0.6) is 5.75 Å². The van der Waals surface area contributed by atoms with Gasteiger partial charge in [0.25, 0.3) is 5.91 Å². The number of nitrogens with zero attached hydrogens (tertiary/aromatic N) is 1. The summed E-state index contributed by atoms with van der Waals surface area (Å²) in [4.78, 5) is 16.9. The van der Waals surface area contributed by atoms with Crippen molar-refractivity contribution in [3.8, 4) is 17.2 Å². The lowest BCUT2D eigenvalue weighted by Crippen LogP contribution is -2.20. The Labute approximate surface area is 179 Å². The fourth-order valence-electron chi connectivity index (χ4n) is 3.28. The zero-order valence-electron chi connectivity index (χ0n) is 17.0. The zero-order chi connectivity index (χ0) is 21.3. The molecule has 6 heteroatoms. The van der Waals surface area contributed by atoms with Gasteiger partial charge in [-0.05, 0) is 79.9 Å². The number of aromatic nitrogens is 1. The van der Waals surface area contributed by atoms with Gasteiger partial charge in [-0.15, -0.1) is 0 Å². The quantitative estimate of drug-likeness (QED) is 0.424. The Bertz CT molecular complexity index is 1250. The van der Waals surface area contributed by atoms with Gasteiger partial charge in [0.1, 0.15) is 11.3 Å². The van der Waals surface area contributed by atoms with Crippen molar-refractivity contribution in [2.45, 2.75) is 20.8 Å². The maximum Gasteiger partial charge on any atom is 0.262 e. The molecule has 0 spiro atoms. The van der Waals surface area contributed by atoms with Gasteiger partial charge in [0.2, 0.25) is 5.89 Å². The minimum absolute atomic E-state index is 0.105. The third kappa shape index (κ3) is 4.31. The third-order valence-electron chi connectivity index (χ3n) is 4.71. The zero-order valence-corrected chi connectivity index (χ0v) is 17.7. The summed E-state index contributed by atoms with van der Waals surface area (Å²) >= 11 is 6.01. The van der Waals surface area contributed by atoms with Crippen LogP contribution in [0, 0.1) is 20.8 Å². The third-order valence-corrected chi connectivity index (χ3v) is 5.14. The normalized spacial score (nSPS) is 10.9. The number of amides is 1. The molecule has 0 saturated carbocycles. The minimum Gasteiger partial charge on any atom is -0.484 e. The monoisotopic (exact) mass is 420 g/mol. The second kappa shape index (κ2) is 8.20. The van der Waals surface area contributed by atoms with E-state index in [1.54, 1.807) is 18.2 Å². The number of hydrogen-bond donors (Lipinski definition) is 1. The predicted molar refractivity (Wildman–Crippen MR) is 119 cm³/mol. The van der Waals surface area contributed by atoms with E-state index in [1.165, 1.54) is 0 Å². The van der Waals surface area contributed by atoms with Crippen LogP contribution < -0.4 is 10.1 Å². The number of carbonyl (C=O) groups is 1. The summed E-state index contributed by atoms with van der Waals surface area (Å²) in [5.41, 5.74) is 6.10. The van der Waals surface area contributed by atoms with Gasteiger partial charge in [-0.25, -0.2) is 4.98 Å². The number of anilines is 1. The molecule has 4 aromatic rings. The van der Waals surface area contributed by atoms with Crippen molar-refractivity contribution >= 4 is 34.3 Å². The van der Waals surface area contributed by atoms with Crippen LogP contribution in [0.2, 0.25) is 5.02 Å². The molecule has 3 aromatic carbocycles. The smallest absolute Gasteiger partial charge is 0.262 e. The molecule has 1 aromatic heterocycles. The van der Waals surface area contributed by atoms with Gasteiger partial charge >= 0.3 is 0 Å². The van der Waals surface area contributed by atoms with Crippen molar-refractivity contribution < 1.29 is 13.9 Å². The second-order valence-electron chi connectivity index (χ2n) is 7.28. The molecule has 5 nitrogen and oxygen atoms in total. The predicted octanol–water partition coefficient (Wildman–Crippen LogP) is 6.09. The molecule has 0 bridgehead atoms. The van der Waals surface area contributed by atoms with E-state index < -0.39 is 0 Å². The maximum absolute atomic E-state index is 12.3. The maximum atomic E-state index is 12.3. The van der Waals surface area contributed by atoms with Gasteiger partial charge < -0.3 is 14.5 Å². The molecular weight excluding hydrogens is 400 g/mol. The molecule has 0 radical (unpaired) electrons. The number of nitrogens with one attached hydrogen (secondary N) is 1. The lowest BCUT2D eigenvalue weighted by Gasteiger charge is -2.09. The van der Waals surface area contributed by atoms with Crippen LogP contribution in [-0.4, -0.2) is 17.5 Å². The van der Waals surface area contributed by atoms with Crippen molar-refractivity contribution in [3.05, 3.63) is 76.3 Å². The molecule has 152 valence electrons. The van der Waals surface area contributed by atoms with Crippen molar-refractivity contribution in [3.63, 3.8) is 0 Å². The molecular formula is C24H21ClN2O3. The van der Waals surface area contributed by atoms with Crippen LogP contribution in [0.25, 0.3) is 22.6 Å². The molecule has 0 saturated heterocycles. The highest BCUT2D eigenvalue weighted by atomic mass is 35.5. The van der Waals surface area contributed by atoms with E-state index in [2.05, 4.69) is 16.4 Å². The topological polar surface area (TPSA) is 64.4 Å². The molecule has 0 aliphatic rings. The number of oxazole rings is 1. The van der Waals surface area contributed by atoms with E-state index >= 15 is 0 Å². The molecule has 0 aliphatic carbocycles. The SMILES string of the molecule is Cc1cc(C)c2oc(-c3cccc(NC(=O)COc4ccc(Cl)c(C)c4)c3)nc2c1. The summed E-state index contributed by atoms with van der Waals surface area (Å²) in [6.45, 7) is 5.82. The first-order valence-electron chi connectivity index (χ1n) is 9.56. The van der Waals surface area contributed by atoms with Crippen molar-refractivity contribution in [2.24, 2.45) is 0 Å². The number of hydrogen-bond acceptors (Lipinski definition) is 4. The Morgan fingerprint density at radius 1 is 1.07 bits per heavy atom. The summed E-state index contributed by atoms with van der Waals surface area (Å²) in [6, 6.07) is 16.7. The van der Waals surface area contributed by atoms with Crippen LogP contribution in [0.15, 0.2) is 59.0 Å². The summed E-state index contributed by atoms with van der Waals surface area (Å²) in [5.74, 6) is 0.851. The molecule has 4 rings (SSSR count). The first kappa shape index (κ1) is 20.0. The molecule has 0 atom stereocenters. The summed E-state index contributed by atoms with van der Waals surface area (Å²) in [5, 5.41) is 3.50. The number of rotatable bonds is 5. The van der Waals surface area contributed by atoms with Gasteiger partial charge in [0.05, 0.1) is 0 Å². The first-order valence-corrected chi connectivity index (χ1v) is 9.94. The van der Waals surface area contributed by atoms with Gasteiger partial charge in [-0.2, -0.15) is 0 Å². The van der Waals surface area contributed by atoms with E-state index in [4.69, 9.17) is 20.8 Å². The Morgan fingerprint density at radius 2 is 1.90 bits per heavy atom. The van der Waals surface area contributed by atoms with E-state index in [9.17, 15) is 4.79 Å².